The maximum Gasteiger partial charge on any atom is 0.129 e. The van der Waals surface area contributed by atoms with Gasteiger partial charge in [0.2, 0.25) is 0 Å². The zero-order valence-electron chi connectivity index (χ0n) is 10.5. The van der Waals surface area contributed by atoms with Crippen LogP contribution in [0.2, 0.25) is 0 Å². The molecule has 1 saturated carbocycles. The van der Waals surface area contributed by atoms with Gasteiger partial charge in [0.15, 0.2) is 0 Å². The number of aryl methyl sites for hydroxylation is 1. The number of nitrogens with zero attached hydrogens (tertiary/aromatic N) is 1. The Kier molecular flexibility index (Phi) is 2.32. The number of hydrogen-bond donors (Lipinski definition) is 1. The van der Waals surface area contributed by atoms with E-state index >= 15 is 0 Å². The summed E-state index contributed by atoms with van der Waals surface area (Å²) in [6.07, 6.45) is 2.68. The lowest BCUT2D eigenvalue weighted by molar-refractivity contribution is 0.609. The van der Waals surface area contributed by atoms with Crippen molar-refractivity contribution in [1.82, 2.24) is 4.98 Å². The molecule has 0 amide bonds. The second kappa shape index (κ2) is 3.73. The molecule has 1 heterocycles. The minimum Gasteiger partial charge on any atom is -0.369 e. The van der Waals surface area contributed by atoms with Crippen LogP contribution >= 0.6 is 0 Å². The minimum absolute atomic E-state index is 0.514. The van der Waals surface area contributed by atoms with Crippen LogP contribution < -0.4 is 5.32 Å². The molecule has 3 rings (SSSR count). The number of anilines is 1. The Bertz CT molecular complexity index is 556. The van der Waals surface area contributed by atoms with Crippen molar-refractivity contribution in [2.24, 2.45) is 5.41 Å². The summed E-state index contributed by atoms with van der Waals surface area (Å²) in [4.78, 5) is 4.69. The number of nitrogens with one attached hydrogen (secondary N) is 1. The van der Waals surface area contributed by atoms with E-state index in [1.807, 2.05) is 6.07 Å². The van der Waals surface area contributed by atoms with Gasteiger partial charge in [0.25, 0.3) is 0 Å². The van der Waals surface area contributed by atoms with E-state index in [9.17, 15) is 0 Å². The molecule has 0 saturated heterocycles. The molecule has 1 N–H and O–H groups in total. The molecule has 0 aliphatic heterocycles. The summed E-state index contributed by atoms with van der Waals surface area (Å²) < 4.78 is 0. The topological polar surface area (TPSA) is 24.9 Å². The number of aromatic nitrogens is 1. The van der Waals surface area contributed by atoms with Gasteiger partial charge in [-0.2, -0.15) is 0 Å². The van der Waals surface area contributed by atoms with Crippen LogP contribution in [0.25, 0.3) is 10.9 Å². The second-order valence-electron chi connectivity index (χ2n) is 5.51. The fraction of sp³-hybridized carbons (Fsp3) is 0.400. The van der Waals surface area contributed by atoms with Crippen LogP contribution in [0.3, 0.4) is 0 Å². The van der Waals surface area contributed by atoms with Crippen LogP contribution in [0.5, 0.6) is 0 Å². The van der Waals surface area contributed by atoms with Crippen LogP contribution in [0.15, 0.2) is 30.3 Å². The zero-order valence-corrected chi connectivity index (χ0v) is 10.5. The van der Waals surface area contributed by atoms with Crippen LogP contribution in [0, 0.1) is 12.3 Å². The third-order valence-electron chi connectivity index (χ3n) is 3.70. The molecule has 0 bridgehead atoms. The molecule has 17 heavy (non-hydrogen) atoms. The third-order valence-corrected chi connectivity index (χ3v) is 3.70. The lowest BCUT2D eigenvalue weighted by Gasteiger charge is -2.13. The highest BCUT2D eigenvalue weighted by Gasteiger charge is 2.36. The highest BCUT2D eigenvalue weighted by molar-refractivity contribution is 5.81. The van der Waals surface area contributed by atoms with Crippen molar-refractivity contribution >= 4 is 16.7 Å². The highest BCUT2D eigenvalue weighted by atomic mass is 15.0. The van der Waals surface area contributed by atoms with E-state index < -0.39 is 0 Å². The summed E-state index contributed by atoms with van der Waals surface area (Å²) in [5.74, 6) is 1.04. The van der Waals surface area contributed by atoms with E-state index in [0.717, 1.165) is 17.9 Å². The fourth-order valence-corrected chi connectivity index (χ4v) is 2.09. The van der Waals surface area contributed by atoms with Crippen LogP contribution in [0.1, 0.15) is 25.3 Å². The molecule has 1 aliphatic rings. The zero-order chi connectivity index (χ0) is 11.9. The molecule has 0 atom stereocenters. The predicted molar refractivity (Wildman–Crippen MR) is 72.3 cm³/mol. The lowest BCUT2D eigenvalue weighted by atomic mass is 10.1. The van der Waals surface area contributed by atoms with Gasteiger partial charge in [-0.1, -0.05) is 25.1 Å². The summed E-state index contributed by atoms with van der Waals surface area (Å²) in [5.41, 5.74) is 2.81. The van der Waals surface area contributed by atoms with Crippen LogP contribution in [0.4, 0.5) is 5.82 Å². The first kappa shape index (κ1) is 10.6. The molecular weight excluding hydrogens is 208 g/mol. The van der Waals surface area contributed by atoms with Crippen molar-refractivity contribution < 1.29 is 0 Å². The first-order valence-corrected chi connectivity index (χ1v) is 6.27. The molecule has 1 aliphatic carbocycles. The van der Waals surface area contributed by atoms with Crippen molar-refractivity contribution in [2.45, 2.75) is 26.7 Å². The standard InChI is InChI=1S/C15H18N2/c1-11-9-12-5-3-4-6-13(12)17-14(11)16-10-15(2)7-8-15/h3-6,9H,7-8,10H2,1-2H3,(H,16,17). The monoisotopic (exact) mass is 226 g/mol. The number of rotatable bonds is 3. The number of pyridine rings is 1. The largest absolute Gasteiger partial charge is 0.369 e. The summed E-state index contributed by atoms with van der Waals surface area (Å²) in [6.45, 7) is 5.49. The van der Waals surface area contributed by atoms with Gasteiger partial charge in [0.05, 0.1) is 5.52 Å². The predicted octanol–water partition coefficient (Wildman–Crippen LogP) is 3.76. The first-order chi connectivity index (χ1) is 8.16. The van der Waals surface area contributed by atoms with E-state index in [1.165, 1.54) is 23.8 Å². The maximum absolute atomic E-state index is 4.69. The summed E-state index contributed by atoms with van der Waals surface area (Å²) in [7, 11) is 0. The summed E-state index contributed by atoms with van der Waals surface area (Å²) in [6, 6.07) is 10.5. The third kappa shape index (κ3) is 2.12. The van der Waals surface area contributed by atoms with Crippen molar-refractivity contribution in [2.75, 3.05) is 11.9 Å². The van der Waals surface area contributed by atoms with Gasteiger partial charge in [-0.25, -0.2) is 4.98 Å². The average molecular weight is 226 g/mol. The summed E-state index contributed by atoms with van der Waals surface area (Å²) >= 11 is 0. The second-order valence-corrected chi connectivity index (χ2v) is 5.51. The number of fused-ring (bicyclic) bond motifs is 1. The molecule has 1 aromatic heterocycles. The number of para-hydroxylation sites is 1. The Balaban J connectivity index is 1.90. The quantitative estimate of drug-likeness (QED) is 0.862. The minimum atomic E-state index is 0.514. The van der Waals surface area contributed by atoms with Crippen molar-refractivity contribution in [3.8, 4) is 0 Å². The van der Waals surface area contributed by atoms with Gasteiger partial charge in [0.1, 0.15) is 5.82 Å². The maximum atomic E-state index is 4.69. The molecule has 2 nitrogen and oxygen atoms in total. The first-order valence-electron chi connectivity index (χ1n) is 6.27. The van der Waals surface area contributed by atoms with Crippen LogP contribution in [-0.4, -0.2) is 11.5 Å². The van der Waals surface area contributed by atoms with Gasteiger partial charge < -0.3 is 5.32 Å². The molecule has 0 spiro atoms. The van der Waals surface area contributed by atoms with Crippen molar-refractivity contribution in [1.29, 1.82) is 0 Å². The van der Waals surface area contributed by atoms with Crippen LogP contribution in [-0.2, 0) is 0 Å². The fourth-order valence-electron chi connectivity index (χ4n) is 2.09. The molecule has 2 heteroatoms. The van der Waals surface area contributed by atoms with Gasteiger partial charge in [-0.15, -0.1) is 0 Å². The molecule has 1 aromatic carbocycles. The molecule has 88 valence electrons. The Morgan fingerprint density at radius 3 is 2.82 bits per heavy atom. The highest BCUT2D eigenvalue weighted by Crippen LogP contribution is 2.44. The smallest absolute Gasteiger partial charge is 0.129 e. The summed E-state index contributed by atoms with van der Waals surface area (Å²) in [5, 5.41) is 4.71. The normalized spacial score (nSPS) is 17.1. The molecule has 0 unspecified atom stereocenters. The van der Waals surface area contributed by atoms with Crippen molar-refractivity contribution in [3.05, 3.63) is 35.9 Å². The Morgan fingerprint density at radius 2 is 2.06 bits per heavy atom. The van der Waals surface area contributed by atoms with E-state index in [4.69, 9.17) is 4.98 Å². The molecular formula is C15H18N2. The molecule has 1 fully saturated rings. The lowest BCUT2D eigenvalue weighted by Crippen LogP contribution is -2.13. The SMILES string of the molecule is Cc1cc2ccccc2nc1NCC1(C)CC1. The Hall–Kier alpha value is -1.57. The molecule has 2 aromatic rings. The number of benzene rings is 1. The molecule has 0 radical (unpaired) electrons. The van der Waals surface area contributed by atoms with Gasteiger partial charge in [-0.05, 0) is 42.9 Å². The number of hydrogen-bond acceptors (Lipinski definition) is 2. The van der Waals surface area contributed by atoms with Gasteiger partial charge >= 0.3 is 0 Å². The van der Waals surface area contributed by atoms with Crippen molar-refractivity contribution in [3.63, 3.8) is 0 Å². The van der Waals surface area contributed by atoms with Gasteiger partial charge in [0, 0.05) is 11.9 Å². The van der Waals surface area contributed by atoms with E-state index in [0.29, 0.717) is 5.41 Å². The Labute approximate surface area is 102 Å². The van der Waals surface area contributed by atoms with E-state index in [-0.39, 0.29) is 0 Å². The van der Waals surface area contributed by atoms with Gasteiger partial charge in [-0.3, -0.25) is 0 Å². The van der Waals surface area contributed by atoms with E-state index in [1.54, 1.807) is 0 Å². The Morgan fingerprint density at radius 1 is 1.29 bits per heavy atom. The average Bonchev–Trinajstić information content (AvgIpc) is 3.05. The van der Waals surface area contributed by atoms with E-state index in [2.05, 4.69) is 43.4 Å².